The van der Waals surface area contributed by atoms with E-state index in [1.807, 2.05) is 41.0 Å². The summed E-state index contributed by atoms with van der Waals surface area (Å²) in [4.78, 5) is 39.6. The van der Waals surface area contributed by atoms with Gasteiger partial charge in [0, 0.05) is 47.9 Å². The molecule has 2 amide bonds. The van der Waals surface area contributed by atoms with Crippen LogP contribution in [0.3, 0.4) is 0 Å². The number of aromatic nitrogens is 1. The van der Waals surface area contributed by atoms with E-state index in [1.165, 1.54) is 0 Å². The van der Waals surface area contributed by atoms with Crippen LogP contribution in [0.5, 0.6) is 0 Å². The summed E-state index contributed by atoms with van der Waals surface area (Å²) >= 11 is 0. The van der Waals surface area contributed by atoms with Crippen LogP contribution in [0.1, 0.15) is 60.9 Å². The molecule has 3 aromatic rings. The van der Waals surface area contributed by atoms with Crippen LogP contribution in [0.4, 0.5) is 10.5 Å². The molecule has 9 nitrogen and oxygen atoms in total. The van der Waals surface area contributed by atoms with Crippen LogP contribution in [0.25, 0.3) is 22.0 Å². The molecule has 0 unspecified atom stereocenters. The topological polar surface area (TPSA) is 116 Å². The molecule has 40 heavy (non-hydrogen) atoms. The molecule has 2 aliphatic heterocycles. The highest BCUT2D eigenvalue weighted by Gasteiger charge is 2.35. The number of hydrogen-bond donors (Lipinski definition) is 2. The number of nitrogens with two attached hydrogens (primary N) is 1. The van der Waals surface area contributed by atoms with E-state index in [2.05, 4.69) is 25.7 Å². The van der Waals surface area contributed by atoms with Crippen LogP contribution in [-0.4, -0.2) is 53.3 Å². The lowest BCUT2D eigenvalue weighted by Gasteiger charge is -2.32. The van der Waals surface area contributed by atoms with Gasteiger partial charge in [-0.2, -0.15) is 0 Å². The number of nitrogens with one attached hydrogen (secondary N) is 1. The van der Waals surface area contributed by atoms with Crippen molar-refractivity contribution in [2.45, 2.75) is 52.5 Å². The van der Waals surface area contributed by atoms with Gasteiger partial charge in [0.15, 0.2) is 0 Å². The summed E-state index contributed by atoms with van der Waals surface area (Å²) in [5.74, 6) is 0.0530. The van der Waals surface area contributed by atoms with Gasteiger partial charge in [0.25, 0.3) is 5.91 Å². The third kappa shape index (κ3) is 5.41. The molecule has 1 fully saturated rings. The second-order valence-electron chi connectivity index (χ2n) is 11.5. The summed E-state index contributed by atoms with van der Waals surface area (Å²) in [5.41, 5.74) is 10.5. The minimum atomic E-state index is -0.521. The Bertz CT molecular complexity index is 1500. The zero-order valence-electron chi connectivity index (χ0n) is 23.3. The third-order valence-electron chi connectivity index (χ3n) is 7.67. The largest absolute Gasteiger partial charge is 0.463 e. The molecule has 3 N–H and O–H groups in total. The Balaban J connectivity index is 1.42. The van der Waals surface area contributed by atoms with Crippen molar-refractivity contribution in [2.24, 2.45) is 11.1 Å². The van der Waals surface area contributed by atoms with Gasteiger partial charge in [0.1, 0.15) is 0 Å². The van der Waals surface area contributed by atoms with Gasteiger partial charge in [-0.15, -0.1) is 0 Å². The van der Waals surface area contributed by atoms with Gasteiger partial charge >= 0.3 is 6.09 Å². The van der Waals surface area contributed by atoms with Crippen molar-refractivity contribution >= 4 is 34.5 Å². The molecule has 210 valence electrons. The van der Waals surface area contributed by atoms with Crippen molar-refractivity contribution in [1.29, 1.82) is 0 Å². The molecule has 5 rings (SSSR count). The van der Waals surface area contributed by atoms with Crippen LogP contribution in [0.15, 0.2) is 54.8 Å². The fraction of sp³-hybridized carbons (Fsp3) is 0.387. The van der Waals surface area contributed by atoms with Crippen molar-refractivity contribution in [3.8, 4) is 11.1 Å². The van der Waals surface area contributed by atoms with Crippen molar-refractivity contribution in [2.75, 3.05) is 25.2 Å². The summed E-state index contributed by atoms with van der Waals surface area (Å²) in [5, 5.41) is 4.52. The first-order valence-corrected chi connectivity index (χ1v) is 13.6. The first kappa shape index (κ1) is 27.3. The molecule has 0 radical (unpaired) electrons. The first-order chi connectivity index (χ1) is 19.0. The SMILES string of the molecule is C=C(C)OCOC(=O)N1CCC(Nc2cc(-c3c4n(c5ccccc35)C(=O)CC(C)(C)C4)ccc2C(N)=O)CC1. The standard InChI is InChI=1S/C31H36N4O5/c1-19(2)39-18-40-30(38)34-13-11-21(12-14-34)33-24-15-20(9-10-22(24)29(32)37)28-23-7-5-6-8-25(23)35-26(28)16-31(3,4)17-27(35)36/h5-10,15,21,33H,1,11-14,16-18H2,2-4H3,(H2,32,37). The van der Waals surface area contributed by atoms with E-state index in [-0.39, 0.29) is 24.2 Å². The Morgan fingerprint density at radius 3 is 2.52 bits per heavy atom. The average Bonchev–Trinajstić information content (AvgIpc) is 3.21. The predicted molar refractivity (Wildman–Crippen MR) is 154 cm³/mol. The maximum absolute atomic E-state index is 13.2. The lowest BCUT2D eigenvalue weighted by Crippen LogP contribution is -2.43. The number of likely N-dealkylation sites (tertiary alicyclic amines) is 1. The summed E-state index contributed by atoms with van der Waals surface area (Å²) in [6.45, 7) is 10.4. The van der Waals surface area contributed by atoms with Crippen LogP contribution in [0.2, 0.25) is 0 Å². The Hall–Kier alpha value is -4.27. The number of hydrogen-bond acceptors (Lipinski definition) is 6. The summed E-state index contributed by atoms with van der Waals surface area (Å²) < 4.78 is 12.1. The van der Waals surface area contributed by atoms with Gasteiger partial charge in [-0.3, -0.25) is 14.2 Å². The number of anilines is 1. The average molecular weight is 545 g/mol. The molecule has 9 heteroatoms. The highest BCUT2D eigenvalue weighted by Crippen LogP contribution is 2.43. The molecule has 0 aliphatic carbocycles. The molecule has 3 heterocycles. The molecule has 0 saturated carbocycles. The number of primary amides is 1. The van der Waals surface area contributed by atoms with E-state index < -0.39 is 12.0 Å². The highest BCUT2D eigenvalue weighted by atomic mass is 16.7. The number of rotatable bonds is 7. The zero-order valence-corrected chi connectivity index (χ0v) is 23.3. The third-order valence-corrected chi connectivity index (χ3v) is 7.67. The van der Waals surface area contributed by atoms with Crippen molar-refractivity contribution in [3.05, 3.63) is 66.1 Å². The zero-order chi connectivity index (χ0) is 28.6. The maximum Gasteiger partial charge on any atom is 0.412 e. The van der Waals surface area contributed by atoms with E-state index in [0.717, 1.165) is 34.1 Å². The van der Waals surface area contributed by atoms with Crippen molar-refractivity contribution in [1.82, 2.24) is 9.47 Å². The molecule has 0 spiro atoms. The Labute approximate surface area is 233 Å². The predicted octanol–water partition coefficient (Wildman–Crippen LogP) is 5.54. The molecule has 2 aliphatic rings. The van der Waals surface area contributed by atoms with Crippen LogP contribution < -0.4 is 11.1 Å². The van der Waals surface area contributed by atoms with Crippen LogP contribution >= 0.6 is 0 Å². The maximum atomic E-state index is 13.2. The second-order valence-corrected chi connectivity index (χ2v) is 11.5. The molecule has 2 aromatic carbocycles. The monoisotopic (exact) mass is 544 g/mol. The number of para-hydroxylation sites is 1. The van der Waals surface area contributed by atoms with Crippen molar-refractivity contribution in [3.63, 3.8) is 0 Å². The van der Waals surface area contributed by atoms with Gasteiger partial charge in [-0.25, -0.2) is 4.79 Å². The van der Waals surface area contributed by atoms with Gasteiger partial charge in [-0.1, -0.05) is 44.7 Å². The number of nitrogens with zero attached hydrogens (tertiary/aromatic N) is 2. The van der Waals surface area contributed by atoms with Gasteiger partial charge < -0.3 is 25.4 Å². The van der Waals surface area contributed by atoms with Crippen LogP contribution in [-0.2, 0) is 15.9 Å². The number of allylic oxidation sites excluding steroid dienone is 1. The fourth-order valence-corrected chi connectivity index (χ4v) is 5.80. The summed E-state index contributed by atoms with van der Waals surface area (Å²) in [7, 11) is 0. The number of benzene rings is 2. The van der Waals surface area contributed by atoms with E-state index in [4.69, 9.17) is 15.2 Å². The van der Waals surface area contributed by atoms with E-state index in [1.54, 1.807) is 17.9 Å². The van der Waals surface area contributed by atoms with Crippen LogP contribution in [0, 0.1) is 5.41 Å². The summed E-state index contributed by atoms with van der Waals surface area (Å²) in [6, 6.07) is 13.6. The van der Waals surface area contributed by atoms with E-state index >= 15 is 0 Å². The Kier molecular flexibility index (Phi) is 7.31. The van der Waals surface area contributed by atoms with Gasteiger partial charge in [0.05, 0.1) is 16.8 Å². The lowest BCUT2D eigenvalue weighted by molar-refractivity contribution is 0.000689. The smallest absolute Gasteiger partial charge is 0.412 e. The lowest BCUT2D eigenvalue weighted by atomic mass is 9.80. The fourth-order valence-electron chi connectivity index (χ4n) is 5.80. The molecular formula is C31H36N4O5. The molecule has 0 bridgehead atoms. The van der Waals surface area contributed by atoms with E-state index in [0.29, 0.717) is 49.4 Å². The van der Waals surface area contributed by atoms with Gasteiger partial charge in [-0.05, 0) is 55.4 Å². The first-order valence-electron chi connectivity index (χ1n) is 13.6. The van der Waals surface area contributed by atoms with E-state index in [9.17, 15) is 14.4 Å². The Morgan fingerprint density at radius 1 is 1.10 bits per heavy atom. The highest BCUT2D eigenvalue weighted by molar-refractivity contribution is 6.06. The normalized spacial score (nSPS) is 16.9. The number of carbonyl (C=O) groups excluding carboxylic acids is 3. The molecule has 1 saturated heterocycles. The minimum Gasteiger partial charge on any atom is -0.463 e. The number of fused-ring (bicyclic) bond motifs is 3. The van der Waals surface area contributed by atoms with Gasteiger partial charge in [0.2, 0.25) is 12.7 Å². The second kappa shape index (κ2) is 10.7. The molecular weight excluding hydrogens is 508 g/mol. The number of piperidine rings is 1. The quantitative estimate of drug-likeness (QED) is 0.298. The number of amides is 2. The number of carbonyl (C=O) groups is 3. The molecule has 0 atom stereocenters. The minimum absolute atomic E-state index is 0.0317. The summed E-state index contributed by atoms with van der Waals surface area (Å²) in [6.07, 6.45) is 2.16. The molecule has 1 aromatic heterocycles. The Morgan fingerprint density at radius 2 is 1.82 bits per heavy atom. The number of ether oxygens (including phenoxy) is 2. The van der Waals surface area contributed by atoms with Crippen molar-refractivity contribution < 1.29 is 23.9 Å².